The van der Waals surface area contributed by atoms with Crippen molar-refractivity contribution in [3.8, 4) is 0 Å². The van der Waals surface area contributed by atoms with E-state index in [2.05, 4.69) is 0 Å². The van der Waals surface area contributed by atoms with Gasteiger partial charge in [0, 0.05) is 6.54 Å². The summed E-state index contributed by atoms with van der Waals surface area (Å²) in [4.78, 5) is 26.3. The number of hydrogen-bond acceptors (Lipinski definition) is 4. The number of esters is 1. The van der Waals surface area contributed by atoms with Crippen LogP contribution in [0.4, 0.5) is 0 Å². The maximum atomic E-state index is 12.5. The number of ether oxygens (including phenoxy) is 1. The quantitative estimate of drug-likeness (QED) is 0.805. The molecule has 3 rings (SSSR count). The van der Waals surface area contributed by atoms with Crippen LogP contribution in [0.2, 0.25) is 10.0 Å². The third-order valence-corrected chi connectivity index (χ3v) is 5.78. The Hall–Kier alpha value is -1.30. The highest BCUT2D eigenvalue weighted by molar-refractivity contribution is 6.42. The molecule has 1 atom stereocenters. The molecule has 25 heavy (non-hydrogen) atoms. The molecule has 2 fully saturated rings. The molecule has 1 aromatic rings. The van der Waals surface area contributed by atoms with Gasteiger partial charge in [-0.3, -0.25) is 4.79 Å². The van der Waals surface area contributed by atoms with Crippen LogP contribution in [0.1, 0.15) is 50.1 Å². The lowest BCUT2D eigenvalue weighted by Gasteiger charge is -2.26. The lowest BCUT2D eigenvalue weighted by atomic mass is 10.0. The molecule has 0 aromatic heterocycles. The van der Waals surface area contributed by atoms with Gasteiger partial charge in [-0.1, -0.05) is 29.3 Å². The van der Waals surface area contributed by atoms with E-state index in [4.69, 9.17) is 27.9 Å². The monoisotopic (exact) mass is 385 g/mol. The normalized spacial score (nSPS) is 22.2. The van der Waals surface area contributed by atoms with Gasteiger partial charge in [-0.15, -0.1) is 0 Å². The third kappa shape index (κ3) is 3.94. The van der Waals surface area contributed by atoms with E-state index in [-0.39, 0.29) is 18.6 Å². The molecule has 1 aliphatic heterocycles. The van der Waals surface area contributed by atoms with Crippen molar-refractivity contribution < 1.29 is 19.4 Å². The van der Waals surface area contributed by atoms with Crippen molar-refractivity contribution >= 4 is 35.1 Å². The molecule has 1 unspecified atom stereocenters. The number of benzene rings is 1. The summed E-state index contributed by atoms with van der Waals surface area (Å²) in [6.07, 6.45) is 4.08. The fraction of sp³-hybridized carbons (Fsp3) is 0.556. The van der Waals surface area contributed by atoms with Crippen LogP contribution in [0.25, 0.3) is 0 Å². The summed E-state index contributed by atoms with van der Waals surface area (Å²) in [7, 11) is 0. The number of carbonyl (C=O) groups excluding carboxylic acids is 2. The number of nitrogens with zero attached hydrogens (tertiary/aromatic N) is 1. The van der Waals surface area contributed by atoms with Crippen molar-refractivity contribution in [1.29, 1.82) is 0 Å². The first-order valence-electron chi connectivity index (χ1n) is 8.55. The molecule has 7 heteroatoms. The second-order valence-corrected chi connectivity index (χ2v) is 7.55. The van der Waals surface area contributed by atoms with Gasteiger partial charge in [0.1, 0.15) is 0 Å². The van der Waals surface area contributed by atoms with E-state index < -0.39 is 11.6 Å². The van der Waals surface area contributed by atoms with Crippen molar-refractivity contribution in [2.24, 2.45) is 0 Å². The Morgan fingerprint density at radius 2 is 1.92 bits per heavy atom. The molecule has 2 aliphatic rings. The van der Waals surface area contributed by atoms with Gasteiger partial charge in [0.25, 0.3) is 5.91 Å². The number of likely N-dealkylation sites (tertiary alicyclic amines) is 1. The fourth-order valence-corrected chi connectivity index (χ4v) is 3.95. The van der Waals surface area contributed by atoms with E-state index in [1.807, 2.05) is 6.07 Å². The zero-order valence-corrected chi connectivity index (χ0v) is 15.4. The van der Waals surface area contributed by atoms with E-state index in [9.17, 15) is 14.7 Å². The van der Waals surface area contributed by atoms with Crippen LogP contribution in [0.3, 0.4) is 0 Å². The molecule has 1 saturated heterocycles. The Morgan fingerprint density at radius 3 is 2.60 bits per heavy atom. The standard InChI is InChI=1S/C18H21Cl2NO4/c19-13-6-5-12(10-14(13)20)15-4-3-9-21(15)16(22)11-25-17(23)18(24)7-1-2-8-18/h5-6,10,15,24H,1-4,7-9,11H2. The molecule has 1 N–H and O–H groups in total. The molecule has 1 saturated carbocycles. The Morgan fingerprint density at radius 1 is 1.20 bits per heavy atom. The maximum Gasteiger partial charge on any atom is 0.338 e. The average Bonchev–Trinajstić information content (AvgIpc) is 3.24. The summed E-state index contributed by atoms with van der Waals surface area (Å²) < 4.78 is 5.10. The van der Waals surface area contributed by atoms with Gasteiger partial charge >= 0.3 is 5.97 Å². The highest BCUT2D eigenvalue weighted by Gasteiger charge is 2.41. The Kier molecular flexibility index (Phi) is 5.56. The van der Waals surface area contributed by atoms with Gasteiger partial charge in [0.2, 0.25) is 0 Å². The second-order valence-electron chi connectivity index (χ2n) is 6.73. The van der Waals surface area contributed by atoms with Crippen molar-refractivity contribution in [1.82, 2.24) is 4.90 Å². The van der Waals surface area contributed by atoms with E-state index in [0.29, 0.717) is 29.4 Å². The molecule has 136 valence electrons. The minimum Gasteiger partial charge on any atom is -0.453 e. The first kappa shape index (κ1) is 18.5. The van der Waals surface area contributed by atoms with E-state index in [1.54, 1.807) is 17.0 Å². The van der Waals surface area contributed by atoms with Crippen molar-refractivity contribution in [2.75, 3.05) is 13.2 Å². The molecule has 1 amide bonds. The number of amides is 1. The topological polar surface area (TPSA) is 66.8 Å². The van der Waals surface area contributed by atoms with E-state index >= 15 is 0 Å². The third-order valence-electron chi connectivity index (χ3n) is 5.04. The smallest absolute Gasteiger partial charge is 0.338 e. The summed E-state index contributed by atoms with van der Waals surface area (Å²) in [5.41, 5.74) is -0.505. The van der Waals surface area contributed by atoms with Crippen LogP contribution in [0.5, 0.6) is 0 Å². The van der Waals surface area contributed by atoms with Gasteiger partial charge < -0.3 is 14.7 Å². The molecule has 1 aliphatic carbocycles. The fourth-order valence-electron chi connectivity index (χ4n) is 3.64. The summed E-state index contributed by atoms with van der Waals surface area (Å²) in [5.74, 6) is -0.952. The predicted molar refractivity (Wildman–Crippen MR) is 94.5 cm³/mol. The molecule has 0 bridgehead atoms. The van der Waals surface area contributed by atoms with Crippen LogP contribution < -0.4 is 0 Å². The Labute approximate surface area is 156 Å². The zero-order chi connectivity index (χ0) is 18.0. The van der Waals surface area contributed by atoms with Gasteiger partial charge in [0.15, 0.2) is 12.2 Å². The minimum absolute atomic E-state index is 0.101. The molecule has 0 radical (unpaired) electrons. The molecular formula is C18H21Cl2NO4. The van der Waals surface area contributed by atoms with Crippen molar-refractivity contribution in [3.63, 3.8) is 0 Å². The number of rotatable bonds is 4. The maximum absolute atomic E-state index is 12.5. The number of halogens is 2. The lowest BCUT2D eigenvalue weighted by molar-refractivity contribution is -0.168. The summed E-state index contributed by atoms with van der Waals surface area (Å²) in [6, 6.07) is 5.25. The van der Waals surface area contributed by atoms with Crippen molar-refractivity contribution in [3.05, 3.63) is 33.8 Å². The van der Waals surface area contributed by atoms with Crippen LogP contribution in [0.15, 0.2) is 18.2 Å². The summed E-state index contributed by atoms with van der Waals surface area (Å²) in [6.45, 7) is 0.254. The predicted octanol–water partition coefficient (Wildman–Crippen LogP) is 3.51. The van der Waals surface area contributed by atoms with Gasteiger partial charge in [-0.25, -0.2) is 4.79 Å². The Balaban J connectivity index is 1.62. The zero-order valence-electron chi connectivity index (χ0n) is 13.8. The lowest BCUT2D eigenvalue weighted by Crippen LogP contribution is -2.40. The first-order chi connectivity index (χ1) is 11.9. The molecule has 5 nitrogen and oxygen atoms in total. The number of aliphatic hydroxyl groups is 1. The van der Waals surface area contributed by atoms with Crippen LogP contribution in [0, 0.1) is 0 Å². The number of carbonyl (C=O) groups is 2. The average molecular weight is 386 g/mol. The first-order valence-corrected chi connectivity index (χ1v) is 9.30. The van der Waals surface area contributed by atoms with E-state index in [1.165, 1.54) is 0 Å². The van der Waals surface area contributed by atoms with Crippen molar-refractivity contribution in [2.45, 2.75) is 50.2 Å². The SMILES string of the molecule is O=C(COC(=O)C1(O)CCCC1)N1CCCC1c1ccc(Cl)c(Cl)c1. The summed E-state index contributed by atoms with van der Waals surface area (Å²) >= 11 is 12.0. The minimum atomic E-state index is -1.42. The summed E-state index contributed by atoms with van der Waals surface area (Å²) in [5, 5.41) is 11.1. The van der Waals surface area contributed by atoms with E-state index in [0.717, 1.165) is 31.2 Å². The number of hydrogen-bond donors (Lipinski definition) is 1. The Bertz CT molecular complexity index is 673. The van der Waals surface area contributed by atoms with Gasteiger partial charge in [-0.05, 0) is 56.2 Å². The molecule has 1 heterocycles. The highest BCUT2D eigenvalue weighted by Crippen LogP contribution is 2.35. The van der Waals surface area contributed by atoms with Crippen LogP contribution >= 0.6 is 23.2 Å². The van der Waals surface area contributed by atoms with Gasteiger partial charge in [0.05, 0.1) is 16.1 Å². The van der Waals surface area contributed by atoms with Crippen LogP contribution in [-0.2, 0) is 14.3 Å². The molecule has 1 aromatic carbocycles. The molecule has 0 spiro atoms. The van der Waals surface area contributed by atoms with Gasteiger partial charge in [-0.2, -0.15) is 0 Å². The molecular weight excluding hydrogens is 365 g/mol. The second kappa shape index (κ2) is 7.52. The highest BCUT2D eigenvalue weighted by atomic mass is 35.5. The largest absolute Gasteiger partial charge is 0.453 e. The van der Waals surface area contributed by atoms with Crippen LogP contribution in [-0.4, -0.2) is 40.6 Å².